The average molecular weight is 205 g/mol. The molecule has 0 radical (unpaired) electrons. The molecule has 5 heteroatoms. The summed E-state index contributed by atoms with van der Waals surface area (Å²) in [6, 6.07) is 0. The quantitative estimate of drug-likeness (QED) is 0.634. The minimum Gasteiger partial charge on any atom is -0.390 e. The minimum atomic E-state index is -0.931. The topological polar surface area (TPSA) is 69.1 Å². The van der Waals surface area contributed by atoms with Crippen molar-refractivity contribution in [1.29, 1.82) is 0 Å². The van der Waals surface area contributed by atoms with Crippen LogP contribution >= 0.6 is 11.6 Å². The van der Waals surface area contributed by atoms with Crippen molar-refractivity contribution in [3.63, 3.8) is 0 Å². The predicted molar refractivity (Wildman–Crippen MR) is 49.6 cm³/mol. The maximum atomic E-state index is 9.55. The van der Waals surface area contributed by atoms with E-state index in [9.17, 15) is 10.2 Å². The van der Waals surface area contributed by atoms with Crippen LogP contribution in [0.5, 0.6) is 0 Å². The number of aromatic amines is 1. The lowest BCUT2D eigenvalue weighted by atomic mass is 10.1. The fraction of sp³-hybridized carbons (Fsp3) is 0.625. The lowest BCUT2D eigenvalue weighted by Gasteiger charge is -2.14. The number of rotatable bonds is 4. The molecule has 0 saturated carbocycles. The van der Waals surface area contributed by atoms with Gasteiger partial charge in [-0.1, -0.05) is 0 Å². The Bertz CT molecular complexity index is 264. The van der Waals surface area contributed by atoms with Gasteiger partial charge in [0.25, 0.3) is 0 Å². The Balaban J connectivity index is 2.61. The van der Waals surface area contributed by atoms with Crippen molar-refractivity contribution in [2.24, 2.45) is 0 Å². The molecule has 1 rings (SSSR count). The van der Waals surface area contributed by atoms with Crippen molar-refractivity contribution in [2.75, 3.05) is 5.88 Å². The number of aromatic nitrogens is 2. The molecule has 2 unspecified atom stereocenters. The fourth-order valence-electron chi connectivity index (χ4n) is 1.07. The number of H-pyrrole nitrogens is 1. The SMILES string of the molecule is Cc1ncc(C(O)C(O)CCCl)[nH]1. The molecule has 0 spiro atoms. The van der Waals surface area contributed by atoms with E-state index in [0.717, 1.165) is 0 Å². The van der Waals surface area contributed by atoms with Crippen molar-refractivity contribution >= 4 is 11.6 Å². The van der Waals surface area contributed by atoms with E-state index < -0.39 is 12.2 Å². The Kier molecular flexibility index (Phi) is 3.71. The van der Waals surface area contributed by atoms with E-state index in [2.05, 4.69) is 9.97 Å². The Morgan fingerprint density at radius 2 is 2.31 bits per heavy atom. The molecule has 0 aliphatic heterocycles. The van der Waals surface area contributed by atoms with Crippen LogP contribution in [0.1, 0.15) is 24.0 Å². The van der Waals surface area contributed by atoms with Gasteiger partial charge < -0.3 is 15.2 Å². The number of nitrogens with zero attached hydrogens (tertiary/aromatic N) is 1. The summed E-state index contributed by atoms with van der Waals surface area (Å²) in [5.41, 5.74) is 0.523. The van der Waals surface area contributed by atoms with Gasteiger partial charge in [-0.15, -0.1) is 11.6 Å². The number of hydrogen-bond acceptors (Lipinski definition) is 3. The van der Waals surface area contributed by atoms with Gasteiger partial charge >= 0.3 is 0 Å². The van der Waals surface area contributed by atoms with Gasteiger partial charge in [0.05, 0.1) is 18.0 Å². The lowest BCUT2D eigenvalue weighted by molar-refractivity contribution is 0.0146. The van der Waals surface area contributed by atoms with Gasteiger partial charge in [0.15, 0.2) is 0 Å². The van der Waals surface area contributed by atoms with Crippen LogP contribution in [0.15, 0.2) is 6.20 Å². The summed E-state index contributed by atoms with van der Waals surface area (Å²) in [5.74, 6) is 1.04. The molecule has 74 valence electrons. The zero-order chi connectivity index (χ0) is 9.84. The Morgan fingerprint density at radius 3 is 2.77 bits per heavy atom. The van der Waals surface area contributed by atoms with E-state index >= 15 is 0 Å². The second-order valence-corrected chi connectivity index (χ2v) is 3.29. The average Bonchev–Trinajstić information content (AvgIpc) is 2.51. The highest BCUT2D eigenvalue weighted by molar-refractivity contribution is 6.17. The maximum absolute atomic E-state index is 9.55. The molecule has 0 fully saturated rings. The summed E-state index contributed by atoms with van der Waals surface area (Å²) in [5, 5.41) is 19.0. The molecule has 1 aromatic heterocycles. The highest BCUT2D eigenvalue weighted by Crippen LogP contribution is 2.16. The summed E-state index contributed by atoms with van der Waals surface area (Å²) in [6.07, 6.45) is 0.107. The van der Waals surface area contributed by atoms with E-state index in [-0.39, 0.29) is 0 Å². The Morgan fingerprint density at radius 1 is 1.62 bits per heavy atom. The van der Waals surface area contributed by atoms with Crippen molar-refractivity contribution in [3.05, 3.63) is 17.7 Å². The van der Waals surface area contributed by atoms with Gasteiger partial charge in [0.2, 0.25) is 0 Å². The van der Waals surface area contributed by atoms with Crippen molar-refractivity contribution < 1.29 is 10.2 Å². The monoisotopic (exact) mass is 204 g/mol. The third-order valence-corrected chi connectivity index (χ3v) is 2.03. The maximum Gasteiger partial charge on any atom is 0.121 e. The first-order valence-corrected chi connectivity index (χ1v) is 4.62. The highest BCUT2D eigenvalue weighted by atomic mass is 35.5. The van der Waals surface area contributed by atoms with Crippen LogP contribution in [0.2, 0.25) is 0 Å². The molecule has 0 aliphatic rings. The highest BCUT2D eigenvalue weighted by Gasteiger charge is 2.19. The van der Waals surface area contributed by atoms with Crippen LogP contribution in [0, 0.1) is 6.92 Å². The molecule has 0 aliphatic carbocycles. The van der Waals surface area contributed by atoms with Crippen LogP contribution in [0.3, 0.4) is 0 Å². The number of halogens is 1. The third-order valence-electron chi connectivity index (χ3n) is 1.81. The summed E-state index contributed by atoms with van der Waals surface area (Å²) in [4.78, 5) is 6.77. The fourth-order valence-corrected chi connectivity index (χ4v) is 1.29. The molecule has 4 nitrogen and oxygen atoms in total. The van der Waals surface area contributed by atoms with Crippen LogP contribution < -0.4 is 0 Å². The summed E-state index contributed by atoms with van der Waals surface area (Å²) >= 11 is 5.44. The van der Waals surface area contributed by atoms with Gasteiger partial charge in [0.1, 0.15) is 11.9 Å². The predicted octanol–water partition coefficient (Wildman–Crippen LogP) is 0.741. The zero-order valence-corrected chi connectivity index (χ0v) is 8.12. The molecule has 13 heavy (non-hydrogen) atoms. The van der Waals surface area contributed by atoms with E-state index in [1.54, 1.807) is 6.92 Å². The standard InChI is InChI=1S/C8H13ClN2O2/c1-5-10-4-6(11-5)8(13)7(12)2-3-9/h4,7-8,12-13H,2-3H2,1H3,(H,10,11). The van der Waals surface area contributed by atoms with Crippen LogP contribution in [-0.2, 0) is 0 Å². The molecular weight excluding hydrogens is 192 g/mol. The molecule has 1 heterocycles. The summed E-state index contributed by atoms with van der Waals surface area (Å²) < 4.78 is 0. The van der Waals surface area contributed by atoms with Crippen LogP contribution in [0.25, 0.3) is 0 Å². The zero-order valence-electron chi connectivity index (χ0n) is 7.37. The molecule has 0 amide bonds. The van der Waals surface area contributed by atoms with Gasteiger partial charge in [0, 0.05) is 5.88 Å². The van der Waals surface area contributed by atoms with Gasteiger partial charge in [-0.25, -0.2) is 4.98 Å². The van der Waals surface area contributed by atoms with Crippen molar-refractivity contribution in [2.45, 2.75) is 25.6 Å². The molecular formula is C8H13ClN2O2. The third kappa shape index (κ3) is 2.69. The van der Waals surface area contributed by atoms with Gasteiger partial charge in [-0.3, -0.25) is 0 Å². The smallest absolute Gasteiger partial charge is 0.121 e. The number of aliphatic hydroxyl groups is 2. The summed E-state index contributed by atoms with van der Waals surface area (Å²) in [7, 11) is 0. The molecule has 3 N–H and O–H groups in total. The molecule has 0 bridgehead atoms. The van der Waals surface area contributed by atoms with E-state index in [0.29, 0.717) is 23.8 Å². The molecule has 1 aromatic rings. The number of hydrogen-bond donors (Lipinski definition) is 3. The Hall–Kier alpha value is -0.580. The first-order chi connectivity index (χ1) is 6.15. The second-order valence-electron chi connectivity index (χ2n) is 2.91. The van der Waals surface area contributed by atoms with E-state index in [1.807, 2.05) is 0 Å². The summed E-state index contributed by atoms with van der Waals surface area (Å²) in [6.45, 7) is 1.78. The number of alkyl halides is 1. The molecule has 0 saturated heterocycles. The number of imidazole rings is 1. The number of aliphatic hydroxyl groups excluding tert-OH is 2. The van der Waals surface area contributed by atoms with E-state index in [4.69, 9.17) is 11.6 Å². The molecule has 0 aromatic carbocycles. The van der Waals surface area contributed by atoms with Crippen molar-refractivity contribution in [1.82, 2.24) is 9.97 Å². The largest absolute Gasteiger partial charge is 0.390 e. The number of nitrogens with one attached hydrogen (secondary N) is 1. The van der Waals surface area contributed by atoms with Crippen molar-refractivity contribution in [3.8, 4) is 0 Å². The Labute approximate surface area is 81.6 Å². The first kappa shape index (κ1) is 10.5. The van der Waals surface area contributed by atoms with E-state index in [1.165, 1.54) is 6.20 Å². The first-order valence-electron chi connectivity index (χ1n) is 4.08. The normalized spacial score (nSPS) is 15.7. The minimum absolute atomic E-state index is 0.325. The lowest BCUT2D eigenvalue weighted by Crippen LogP contribution is -2.18. The van der Waals surface area contributed by atoms with Gasteiger partial charge in [-0.2, -0.15) is 0 Å². The van der Waals surface area contributed by atoms with Crippen LogP contribution in [0.4, 0.5) is 0 Å². The van der Waals surface area contributed by atoms with Gasteiger partial charge in [-0.05, 0) is 13.3 Å². The second kappa shape index (κ2) is 4.60. The van der Waals surface area contributed by atoms with Crippen LogP contribution in [-0.4, -0.2) is 32.2 Å². The number of aryl methyl sites for hydroxylation is 1. The molecule has 2 atom stereocenters.